The number of azide groups is 1. The number of carbonyl (C=O) groups is 2. The standard InChI is InChI=1S/C25H22IN5O9/c1-36-16-7-3-14(4-8-16)22(33)38-19-20(39-23(34)15-5-9-17(37-2)10-6-15)25(13-26,29-30-27)40-21(19)31-12-11-18(32)28-24(31)35/h3-12,19-21H,13H2,1-2H3,(H,28,32,35)/t19-,20+,21-,25-/m1/s1. The lowest BCUT2D eigenvalue weighted by Crippen LogP contribution is -2.47. The Labute approximate surface area is 239 Å². The number of halogens is 1. The molecule has 1 aliphatic heterocycles. The maximum atomic E-state index is 13.2. The fraction of sp³-hybridized carbons (Fsp3) is 0.280. The summed E-state index contributed by atoms with van der Waals surface area (Å²) in [5, 5.41) is 3.76. The first-order valence-electron chi connectivity index (χ1n) is 11.6. The van der Waals surface area contributed by atoms with Crippen molar-refractivity contribution < 1.29 is 33.3 Å². The molecular formula is C25H22IN5O9. The van der Waals surface area contributed by atoms with Crippen LogP contribution in [0, 0.1) is 0 Å². The highest BCUT2D eigenvalue weighted by molar-refractivity contribution is 14.1. The van der Waals surface area contributed by atoms with Crippen molar-refractivity contribution in [3.05, 3.63) is 103 Å². The number of hydrogen-bond donors (Lipinski definition) is 1. The zero-order chi connectivity index (χ0) is 28.9. The van der Waals surface area contributed by atoms with Gasteiger partial charge in [-0.05, 0) is 54.1 Å². The second-order valence-electron chi connectivity index (χ2n) is 8.35. The molecule has 0 spiro atoms. The Bertz CT molecular complexity index is 1550. The van der Waals surface area contributed by atoms with E-state index in [-0.39, 0.29) is 15.6 Å². The topological polar surface area (TPSA) is 184 Å². The van der Waals surface area contributed by atoms with Crippen LogP contribution in [0.15, 0.2) is 75.5 Å². The van der Waals surface area contributed by atoms with Crippen LogP contribution >= 0.6 is 22.6 Å². The fourth-order valence-corrected chi connectivity index (χ4v) is 4.76. The Balaban J connectivity index is 1.79. The molecule has 15 heteroatoms. The van der Waals surface area contributed by atoms with Crippen LogP contribution in [0.3, 0.4) is 0 Å². The summed E-state index contributed by atoms with van der Waals surface area (Å²) in [6, 6.07) is 13.1. The monoisotopic (exact) mass is 663 g/mol. The molecule has 1 N–H and O–H groups in total. The van der Waals surface area contributed by atoms with E-state index in [0.717, 1.165) is 16.8 Å². The number of aromatic nitrogens is 2. The van der Waals surface area contributed by atoms with Gasteiger partial charge in [0, 0.05) is 21.6 Å². The predicted octanol–water partition coefficient (Wildman–Crippen LogP) is 2.98. The first-order chi connectivity index (χ1) is 19.2. The van der Waals surface area contributed by atoms with E-state index in [2.05, 4.69) is 15.0 Å². The molecule has 4 rings (SSSR count). The van der Waals surface area contributed by atoms with Crippen molar-refractivity contribution in [1.82, 2.24) is 9.55 Å². The number of H-pyrrole nitrogens is 1. The molecule has 3 aromatic rings. The number of hydrogen-bond acceptors (Lipinski definition) is 10. The van der Waals surface area contributed by atoms with Gasteiger partial charge >= 0.3 is 17.6 Å². The van der Waals surface area contributed by atoms with Gasteiger partial charge in [-0.25, -0.2) is 14.4 Å². The minimum atomic E-state index is -1.90. The Morgan fingerprint density at radius 1 is 1.00 bits per heavy atom. The lowest BCUT2D eigenvalue weighted by Gasteiger charge is -2.28. The Kier molecular flexibility index (Phi) is 8.77. The molecule has 0 bridgehead atoms. The van der Waals surface area contributed by atoms with Crippen LogP contribution < -0.4 is 20.7 Å². The number of rotatable bonds is 9. The zero-order valence-electron chi connectivity index (χ0n) is 21.1. The van der Waals surface area contributed by atoms with Gasteiger partial charge in [0.25, 0.3) is 5.56 Å². The van der Waals surface area contributed by atoms with Crippen LogP contribution in [0.1, 0.15) is 26.9 Å². The van der Waals surface area contributed by atoms with Crippen molar-refractivity contribution in [3.63, 3.8) is 0 Å². The average molecular weight is 663 g/mol. The van der Waals surface area contributed by atoms with E-state index in [4.69, 9.17) is 23.7 Å². The van der Waals surface area contributed by atoms with Crippen molar-refractivity contribution in [2.75, 3.05) is 18.6 Å². The number of ether oxygens (including phenoxy) is 5. The molecule has 1 aromatic heterocycles. The smallest absolute Gasteiger partial charge is 0.338 e. The summed E-state index contributed by atoms with van der Waals surface area (Å²) in [5.41, 5.74) is 6.14. The quantitative estimate of drug-likeness (QED) is 0.0898. The van der Waals surface area contributed by atoms with E-state index < -0.39 is 47.3 Å². The van der Waals surface area contributed by atoms with Gasteiger partial charge in [-0.15, -0.1) is 0 Å². The number of carbonyl (C=O) groups excluding carboxylic acids is 2. The van der Waals surface area contributed by atoms with Gasteiger partial charge in [-0.2, -0.15) is 0 Å². The fourth-order valence-electron chi connectivity index (χ4n) is 3.99. The summed E-state index contributed by atoms with van der Waals surface area (Å²) >= 11 is 1.86. The Morgan fingerprint density at radius 2 is 1.55 bits per heavy atom. The van der Waals surface area contributed by atoms with E-state index in [9.17, 15) is 24.7 Å². The summed E-state index contributed by atoms with van der Waals surface area (Å²) in [6.45, 7) is 0. The molecule has 0 radical (unpaired) electrons. The zero-order valence-corrected chi connectivity index (χ0v) is 23.2. The second-order valence-corrected chi connectivity index (χ2v) is 9.11. The highest BCUT2D eigenvalue weighted by Gasteiger charge is 2.60. The molecule has 14 nitrogen and oxygen atoms in total. The second kappa shape index (κ2) is 12.2. The largest absolute Gasteiger partial charge is 0.497 e. The van der Waals surface area contributed by atoms with Gasteiger partial charge in [0.2, 0.25) is 0 Å². The molecule has 0 amide bonds. The van der Waals surface area contributed by atoms with Crippen LogP contribution in [-0.2, 0) is 14.2 Å². The van der Waals surface area contributed by atoms with E-state index in [1.54, 1.807) is 24.3 Å². The minimum absolute atomic E-state index is 0.0689. The molecule has 1 fully saturated rings. The van der Waals surface area contributed by atoms with Gasteiger partial charge in [0.1, 0.15) is 11.5 Å². The number of esters is 2. The molecule has 0 unspecified atom stereocenters. The third kappa shape index (κ3) is 5.80. The van der Waals surface area contributed by atoms with E-state index in [1.165, 1.54) is 38.5 Å². The molecule has 1 saturated heterocycles. The molecule has 0 saturated carbocycles. The number of alkyl halides is 1. The van der Waals surface area contributed by atoms with Gasteiger partial charge < -0.3 is 23.7 Å². The molecule has 4 atom stereocenters. The SMILES string of the molecule is COc1ccc(C(=O)O[C@H]2[C@H](n3ccc(=O)[nH]c3=O)O[C@@](CI)(N=[N+]=[N-])[C@H]2OC(=O)c2ccc(OC)cc2)cc1. The lowest BCUT2D eigenvalue weighted by molar-refractivity contribution is -0.0887. The first kappa shape index (κ1) is 28.7. The van der Waals surface area contributed by atoms with Crippen molar-refractivity contribution in [2.24, 2.45) is 5.11 Å². The van der Waals surface area contributed by atoms with Crippen LogP contribution in [0.2, 0.25) is 0 Å². The van der Waals surface area contributed by atoms with E-state index >= 15 is 0 Å². The van der Waals surface area contributed by atoms with Crippen LogP contribution in [0.4, 0.5) is 0 Å². The molecule has 0 aliphatic carbocycles. The summed E-state index contributed by atoms with van der Waals surface area (Å²) in [6.07, 6.45) is -3.34. The van der Waals surface area contributed by atoms with Crippen molar-refractivity contribution in [3.8, 4) is 11.5 Å². The summed E-state index contributed by atoms with van der Waals surface area (Å²) in [7, 11) is 2.94. The van der Waals surface area contributed by atoms with Crippen molar-refractivity contribution in [2.45, 2.75) is 24.2 Å². The van der Waals surface area contributed by atoms with Gasteiger partial charge in [0.05, 0.1) is 25.3 Å². The van der Waals surface area contributed by atoms with Crippen molar-refractivity contribution >= 4 is 34.5 Å². The maximum absolute atomic E-state index is 13.2. The average Bonchev–Trinajstić information content (AvgIpc) is 3.25. The number of methoxy groups -OCH3 is 2. The molecule has 1 aliphatic rings. The van der Waals surface area contributed by atoms with E-state index in [0.29, 0.717) is 11.5 Å². The summed E-state index contributed by atoms with van der Waals surface area (Å²) < 4.78 is 28.7. The highest BCUT2D eigenvalue weighted by atomic mass is 127. The van der Waals surface area contributed by atoms with Crippen LogP contribution in [0.5, 0.6) is 11.5 Å². The predicted molar refractivity (Wildman–Crippen MR) is 147 cm³/mol. The first-order valence-corrected chi connectivity index (χ1v) is 13.1. The molecule has 40 heavy (non-hydrogen) atoms. The molecular weight excluding hydrogens is 641 g/mol. The minimum Gasteiger partial charge on any atom is -0.497 e. The lowest BCUT2D eigenvalue weighted by atomic mass is 10.1. The maximum Gasteiger partial charge on any atom is 0.338 e. The Morgan fingerprint density at radius 3 is 2.02 bits per heavy atom. The molecule has 2 heterocycles. The van der Waals surface area contributed by atoms with E-state index in [1.807, 2.05) is 22.6 Å². The Hall–Kier alpha value is -4.34. The summed E-state index contributed by atoms with van der Waals surface area (Å²) in [4.78, 5) is 55.8. The van der Waals surface area contributed by atoms with Crippen LogP contribution in [-0.4, -0.2) is 58.1 Å². The van der Waals surface area contributed by atoms with Gasteiger partial charge in [0.15, 0.2) is 24.2 Å². The third-order valence-electron chi connectivity index (χ3n) is 6.01. The normalized spacial score (nSPS) is 21.6. The van der Waals surface area contributed by atoms with Gasteiger partial charge in [-0.3, -0.25) is 14.3 Å². The van der Waals surface area contributed by atoms with Crippen molar-refractivity contribution in [1.29, 1.82) is 0 Å². The number of benzene rings is 2. The number of aromatic amines is 1. The molecule has 208 valence electrons. The molecule has 2 aromatic carbocycles. The highest BCUT2D eigenvalue weighted by Crippen LogP contribution is 2.43. The number of nitrogens with zero attached hydrogens (tertiary/aromatic N) is 4. The van der Waals surface area contributed by atoms with Crippen LogP contribution in [0.25, 0.3) is 10.4 Å². The number of nitrogens with one attached hydrogen (secondary N) is 1. The third-order valence-corrected chi connectivity index (χ3v) is 7.10. The summed E-state index contributed by atoms with van der Waals surface area (Å²) in [5.74, 6) is -0.703. The van der Waals surface area contributed by atoms with Gasteiger partial charge in [-0.1, -0.05) is 27.7 Å².